The van der Waals surface area contributed by atoms with Gasteiger partial charge in [-0.1, -0.05) is 152 Å². The quantitative estimate of drug-likeness (QED) is 0.165. The molecule has 358 valence electrons. The first-order valence-corrected chi connectivity index (χ1v) is 29.3. The third kappa shape index (κ3) is 9.18. The summed E-state index contributed by atoms with van der Waals surface area (Å²) < 4.78 is 0. The van der Waals surface area contributed by atoms with E-state index in [-0.39, 0.29) is 5.41 Å². The molecule has 1 N–H and O–H groups in total. The lowest BCUT2D eigenvalue weighted by molar-refractivity contribution is 0.179. The molecule has 1 heterocycles. The topological polar surface area (TPSA) is 25.0 Å². The number of allylic oxidation sites excluding steroid dienone is 19. The number of nitrogens with one attached hydrogen (secondary N) is 1. The van der Waals surface area contributed by atoms with Crippen molar-refractivity contribution in [3.05, 3.63) is 131 Å². The third-order valence-corrected chi connectivity index (χ3v) is 20.8. The molecular formula is C65H88N2. The first-order chi connectivity index (χ1) is 33.2. The minimum Gasteiger partial charge on any atom is -0.234 e. The van der Waals surface area contributed by atoms with Crippen LogP contribution in [0, 0.1) is 70.5 Å². The number of nitrogens with zero attached hydrogens (tertiary/aromatic N) is 1. The number of rotatable bonds is 11. The second kappa shape index (κ2) is 20.4. The largest absolute Gasteiger partial charge is 0.234 e. The predicted octanol–water partition coefficient (Wildman–Crippen LogP) is 17.1. The monoisotopic (exact) mass is 897 g/mol. The molecule has 2 nitrogen and oxygen atoms in total. The lowest BCUT2D eigenvalue weighted by atomic mass is 9.57. The van der Waals surface area contributed by atoms with Crippen LogP contribution in [0.1, 0.15) is 186 Å². The van der Waals surface area contributed by atoms with Crippen molar-refractivity contribution in [2.75, 3.05) is 0 Å². The molecule has 12 aliphatic rings. The van der Waals surface area contributed by atoms with Crippen molar-refractivity contribution in [1.29, 1.82) is 0 Å². The van der Waals surface area contributed by atoms with Gasteiger partial charge in [0.05, 0.1) is 12.2 Å². The van der Waals surface area contributed by atoms with Crippen molar-refractivity contribution in [3.8, 4) is 0 Å². The molecule has 0 aromatic rings. The van der Waals surface area contributed by atoms with E-state index < -0.39 is 0 Å². The Morgan fingerprint density at radius 2 is 1.43 bits per heavy atom. The van der Waals surface area contributed by atoms with Crippen molar-refractivity contribution in [1.82, 2.24) is 10.4 Å². The highest BCUT2D eigenvalue weighted by atomic mass is 15.8. The maximum Gasteiger partial charge on any atom is 0.0933 e. The van der Waals surface area contributed by atoms with E-state index >= 15 is 0 Å². The van der Waals surface area contributed by atoms with Crippen LogP contribution in [0.4, 0.5) is 0 Å². The molecule has 0 bridgehead atoms. The van der Waals surface area contributed by atoms with Gasteiger partial charge >= 0.3 is 0 Å². The molecule has 0 radical (unpaired) electrons. The summed E-state index contributed by atoms with van der Waals surface area (Å²) in [6.45, 7) is 0. The van der Waals surface area contributed by atoms with Crippen LogP contribution < -0.4 is 5.43 Å². The normalized spacial score (nSPS) is 41.6. The van der Waals surface area contributed by atoms with Gasteiger partial charge in [0.1, 0.15) is 0 Å². The molecular weight excluding hydrogens is 809 g/mol. The van der Waals surface area contributed by atoms with Crippen molar-refractivity contribution in [3.63, 3.8) is 0 Å². The second-order valence-electron chi connectivity index (χ2n) is 24.5. The van der Waals surface area contributed by atoms with Crippen LogP contribution in [0.3, 0.4) is 0 Å². The van der Waals surface area contributed by atoms with E-state index in [1.807, 2.05) is 22.3 Å². The van der Waals surface area contributed by atoms with Gasteiger partial charge in [0.15, 0.2) is 0 Å². The summed E-state index contributed by atoms with van der Waals surface area (Å²) in [5.74, 6) is 7.88. The summed E-state index contributed by atoms with van der Waals surface area (Å²) in [6.07, 6.45) is 82.5. The van der Waals surface area contributed by atoms with E-state index in [0.29, 0.717) is 47.7 Å². The minimum absolute atomic E-state index is 0.126. The van der Waals surface area contributed by atoms with Gasteiger partial charge in [-0.3, -0.25) is 0 Å². The zero-order chi connectivity index (χ0) is 44.6. The number of hydrogen-bond acceptors (Lipinski definition) is 2. The van der Waals surface area contributed by atoms with Gasteiger partial charge in [-0.05, 0) is 213 Å². The average molecular weight is 897 g/mol. The van der Waals surface area contributed by atoms with Crippen LogP contribution in [0.25, 0.3) is 0 Å². The van der Waals surface area contributed by atoms with Crippen molar-refractivity contribution < 1.29 is 0 Å². The van der Waals surface area contributed by atoms with Gasteiger partial charge < -0.3 is 0 Å². The summed E-state index contributed by atoms with van der Waals surface area (Å²) in [6, 6.07) is 0.428. The molecule has 3 fully saturated rings. The molecule has 12 atom stereocenters. The van der Waals surface area contributed by atoms with Crippen LogP contribution in [0.5, 0.6) is 0 Å². The Balaban J connectivity index is 0.858. The van der Waals surface area contributed by atoms with Gasteiger partial charge in [0.25, 0.3) is 0 Å². The van der Waals surface area contributed by atoms with Crippen LogP contribution in [-0.4, -0.2) is 17.2 Å². The third-order valence-electron chi connectivity index (χ3n) is 20.8. The average Bonchev–Trinajstić information content (AvgIpc) is 4.15. The number of hydrazine groups is 1. The van der Waals surface area contributed by atoms with Gasteiger partial charge in [0.2, 0.25) is 0 Å². The summed E-state index contributed by atoms with van der Waals surface area (Å²) in [5, 5.41) is 2.79. The van der Waals surface area contributed by atoms with Crippen LogP contribution in [0.15, 0.2) is 131 Å². The molecule has 11 unspecified atom stereocenters. The van der Waals surface area contributed by atoms with E-state index in [1.54, 1.807) is 11.1 Å². The molecule has 1 aliphatic heterocycles. The maximum absolute atomic E-state index is 4.11. The summed E-state index contributed by atoms with van der Waals surface area (Å²) in [5.41, 5.74) is 14.9. The second-order valence-corrected chi connectivity index (χ2v) is 24.5. The lowest BCUT2D eigenvalue weighted by Gasteiger charge is -2.46. The fourth-order valence-electron chi connectivity index (χ4n) is 17.3. The molecule has 2 saturated carbocycles. The zero-order valence-electron chi connectivity index (χ0n) is 41.7. The molecule has 0 amide bonds. The molecule has 12 rings (SSSR count). The minimum atomic E-state index is 0.126. The first kappa shape index (κ1) is 45.2. The maximum atomic E-state index is 4.11. The Morgan fingerprint density at radius 3 is 2.21 bits per heavy atom. The highest BCUT2D eigenvalue weighted by Gasteiger charge is 2.57. The first-order valence-electron chi connectivity index (χ1n) is 29.3. The van der Waals surface area contributed by atoms with Gasteiger partial charge in [-0.2, -0.15) is 0 Å². The van der Waals surface area contributed by atoms with Crippen LogP contribution in [0.2, 0.25) is 0 Å². The molecule has 2 heteroatoms. The van der Waals surface area contributed by atoms with Crippen LogP contribution >= 0.6 is 0 Å². The van der Waals surface area contributed by atoms with Gasteiger partial charge in [0, 0.05) is 23.2 Å². The van der Waals surface area contributed by atoms with E-state index in [9.17, 15) is 0 Å². The molecule has 67 heavy (non-hydrogen) atoms. The van der Waals surface area contributed by atoms with E-state index in [2.05, 4.69) is 108 Å². The van der Waals surface area contributed by atoms with E-state index in [0.717, 1.165) is 29.6 Å². The van der Waals surface area contributed by atoms with Crippen molar-refractivity contribution in [2.24, 2.45) is 70.5 Å². The lowest BCUT2D eigenvalue weighted by Crippen LogP contribution is -2.38. The molecule has 1 saturated heterocycles. The van der Waals surface area contributed by atoms with Crippen molar-refractivity contribution >= 4 is 0 Å². The zero-order valence-corrected chi connectivity index (χ0v) is 41.7. The smallest absolute Gasteiger partial charge is 0.0933 e. The van der Waals surface area contributed by atoms with Gasteiger partial charge in [-0.15, -0.1) is 0 Å². The number of hydrogen-bond donors (Lipinski definition) is 1. The predicted molar refractivity (Wildman–Crippen MR) is 281 cm³/mol. The summed E-state index contributed by atoms with van der Waals surface area (Å²) >= 11 is 0. The molecule has 0 aromatic carbocycles. The molecule has 0 aromatic heterocycles. The van der Waals surface area contributed by atoms with Crippen LogP contribution in [-0.2, 0) is 0 Å². The molecule has 0 spiro atoms. The summed E-state index contributed by atoms with van der Waals surface area (Å²) in [4.78, 5) is 0. The highest BCUT2D eigenvalue weighted by molar-refractivity contribution is 5.57. The SMILES string of the molecule is C1=CC(C2C=CC(C3NN3C(/C=C/C3CCC(C4CCCCC4)CC3)[C@H]3C=C(C4C=CC5C(C4)C4=C(CCCC4)C5(C4=CCCC=C4)C4=CCCCC4)CC(C4C=CCCC4)C3)CC2)=CCC1. The molecule has 11 aliphatic carbocycles. The Kier molecular flexibility index (Phi) is 13.8. The fourth-order valence-corrected chi connectivity index (χ4v) is 17.3. The Labute approximate surface area is 408 Å². The van der Waals surface area contributed by atoms with Gasteiger partial charge in [-0.25, -0.2) is 10.4 Å². The Hall–Kier alpha value is -2.94. The number of fused-ring (bicyclic) bond motifs is 2. The Morgan fingerprint density at radius 1 is 0.597 bits per heavy atom. The highest BCUT2D eigenvalue weighted by Crippen LogP contribution is 2.67. The summed E-state index contributed by atoms with van der Waals surface area (Å²) in [7, 11) is 0. The van der Waals surface area contributed by atoms with E-state index in [1.165, 1.54) is 186 Å². The van der Waals surface area contributed by atoms with Crippen molar-refractivity contribution in [2.45, 2.75) is 198 Å². The Bertz CT molecular complexity index is 2130. The van der Waals surface area contributed by atoms with E-state index in [4.69, 9.17) is 0 Å². The fraction of sp³-hybridized carbons (Fsp3) is 0.662. The standard InChI is InChI=1S/C65H88N2/c1-6-18-47(19-7-1)50-33-30-46(31-34-50)32-41-63(67-64(66-67)52-37-35-51(36-38-52)48-20-8-2-9-21-48)56-43-54(49-22-10-3-11-23-49)42-55(44-56)53-39-40-62-60(45-53)59-28-16-17-29-61(59)65(62,57-24-12-4-13-25-57)58-26-14-5-15-27-58/h8,10,12,20-22,24-26,32,35,37,39-41,44,46-47,49-54,56,60,62-64,66H,1-7,9,11,13-19,23,27-31,33-34,36,38,42-43,45H2/b41-32+/t46?,49?,50?,51?,52?,53?,54?,56-,60?,62?,63?,64?,65?,67?/m1/s1.